The van der Waals surface area contributed by atoms with Crippen molar-refractivity contribution in [3.63, 3.8) is 0 Å². The van der Waals surface area contributed by atoms with Gasteiger partial charge in [0.15, 0.2) is 0 Å². The average Bonchev–Trinajstić information content (AvgIpc) is 2.45. The van der Waals surface area contributed by atoms with Crippen LogP contribution in [0, 0.1) is 0 Å². The van der Waals surface area contributed by atoms with Gasteiger partial charge in [-0.3, -0.25) is 29.1 Å². The normalized spacial score (nSPS) is 19.2. The van der Waals surface area contributed by atoms with Crippen LogP contribution in [-0.2, 0) is 14.4 Å². The maximum Gasteiger partial charge on any atom is 2.00 e. The van der Waals surface area contributed by atoms with Crippen molar-refractivity contribution in [1.29, 1.82) is 0 Å². The third-order valence-electron chi connectivity index (χ3n) is 3.75. The molecule has 1 fully saturated rings. The maximum atomic E-state index is 11.0. The summed E-state index contributed by atoms with van der Waals surface area (Å²) in [4.78, 5) is 38.1. The summed E-state index contributed by atoms with van der Waals surface area (Å²) >= 11 is 0. The fraction of sp³-hybridized carbons (Fsp3) is 0.786. The van der Waals surface area contributed by atoms with Crippen molar-refractivity contribution in [2.24, 2.45) is 0 Å². The number of carboxylic acids is 3. The summed E-state index contributed by atoms with van der Waals surface area (Å²) in [5.41, 5.74) is 0. The summed E-state index contributed by atoms with van der Waals surface area (Å²) in [6, 6.07) is 0. The van der Waals surface area contributed by atoms with Crippen molar-refractivity contribution in [2.75, 3.05) is 72.0 Å². The molecule has 0 spiro atoms. The number of aliphatic carboxylic acids is 3. The van der Waals surface area contributed by atoms with Crippen molar-refractivity contribution in [2.45, 2.75) is 0 Å². The Kier molecular flexibility index (Phi) is 13.4. The van der Waals surface area contributed by atoms with Gasteiger partial charge >= 0.3 is 55.6 Å². The van der Waals surface area contributed by atoms with Gasteiger partial charge in [-0.2, -0.15) is 0 Å². The summed E-state index contributed by atoms with van der Waals surface area (Å²) in [5, 5.41) is 30.1. The Bertz CT molecular complexity index is 410. The molecule has 0 aromatic carbocycles. The minimum absolute atomic E-state index is 0. The Balaban J connectivity index is 0.00000576. The molecule has 10 nitrogen and oxygen atoms in total. The van der Waals surface area contributed by atoms with Gasteiger partial charge in [-0.25, -0.2) is 0 Å². The number of hydrogen-bond acceptors (Lipinski definition) is 7. The van der Waals surface area contributed by atoms with Gasteiger partial charge in [0, 0.05) is 52.4 Å². The molecule has 1 aliphatic heterocycles. The number of nitrogens with one attached hydrogen (secondary N) is 1. The van der Waals surface area contributed by atoms with Crippen molar-refractivity contribution in [3.05, 3.63) is 0 Å². The number of hydrogen-bond donors (Lipinski definition) is 4. The van der Waals surface area contributed by atoms with E-state index in [0.29, 0.717) is 52.4 Å². The number of carboxylic acid groups (broad SMARTS) is 3. The molecule has 0 radical (unpaired) electrons. The van der Waals surface area contributed by atoms with Crippen LogP contribution in [0.5, 0.6) is 0 Å². The molecule has 0 aliphatic carbocycles. The van der Waals surface area contributed by atoms with Crippen molar-refractivity contribution < 1.29 is 29.7 Å². The Labute approximate surface area is 176 Å². The van der Waals surface area contributed by atoms with E-state index in [1.807, 2.05) is 0 Å². The number of rotatable bonds is 6. The quantitative estimate of drug-likeness (QED) is 0.359. The largest absolute Gasteiger partial charge is 2.00 e. The Morgan fingerprint density at radius 3 is 1.20 bits per heavy atom. The predicted molar refractivity (Wildman–Crippen MR) is 90.9 cm³/mol. The van der Waals surface area contributed by atoms with Gasteiger partial charge in [-0.1, -0.05) is 0 Å². The second kappa shape index (κ2) is 13.7. The van der Waals surface area contributed by atoms with Crippen LogP contribution >= 0.6 is 0 Å². The molecule has 25 heavy (non-hydrogen) atoms. The summed E-state index contributed by atoms with van der Waals surface area (Å²) in [6.07, 6.45) is 0. The first-order valence-electron chi connectivity index (χ1n) is 7.90. The van der Waals surface area contributed by atoms with Gasteiger partial charge in [0.1, 0.15) is 0 Å². The first kappa shape index (κ1) is 24.5. The van der Waals surface area contributed by atoms with Crippen LogP contribution in [-0.4, -0.2) is 158 Å². The molecular weight excluding hydrogens is 360 g/mol. The molecule has 1 aliphatic rings. The first-order chi connectivity index (χ1) is 11.4. The first-order valence-corrected chi connectivity index (χ1v) is 7.90. The van der Waals surface area contributed by atoms with Crippen LogP contribution in [0.25, 0.3) is 0 Å². The molecule has 0 atom stereocenters. The van der Waals surface area contributed by atoms with E-state index >= 15 is 0 Å². The molecule has 1 saturated heterocycles. The third kappa shape index (κ3) is 12.5. The van der Waals surface area contributed by atoms with Gasteiger partial charge in [-0.05, 0) is 0 Å². The van der Waals surface area contributed by atoms with Crippen molar-refractivity contribution in [1.82, 2.24) is 20.0 Å². The molecule has 0 bridgehead atoms. The average molecular weight is 386 g/mol. The van der Waals surface area contributed by atoms with Gasteiger partial charge in [0.05, 0.1) is 19.6 Å². The molecular formula is C14H26CaN4O6+2. The van der Waals surface area contributed by atoms with Gasteiger partial charge < -0.3 is 20.6 Å². The van der Waals surface area contributed by atoms with E-state index < -0.39 is 17.9 Å². The van der Waals surface area contributed by atoms with Crippen LogP contribution < -0.4 is 5.32 Å². The Hall–Kier alpha value is -0.490. The fourth-order valence-corrected chi connectivity index (χ4v) is 2.55. The third-order valence-corrected chi connectivity index (χ3v) is 3.75. The second-order valence-corrected chi connectivity index (χ2v) is 5.76. The molecule has 0 aromatic rings. The zero-order valence-electron chi connectivity index (χ0n) is 14.4. The van der Waals surface area contributed by atoms with Gasteiger partial charge in [-0.15, -0.1) is 0 Å². The molecule has 11 heteroatoms. The smallest absolute Gasteiger partial charge is 0.480 e. The van der Waals surface area contributed by atoms with E-state index in [1.54, 1.807) is 14.7 Å². The predicted octanol–water partition coefficient (Wildman–Crippen LogP) is -2.63. The van der Waals surface area contributed by atoms with E-state index in [1.165, 1.54) is 0 Å². The second-order valence-electron chi connectivity index (χ2n) is 5.76. The molecule has 0 saturated carbocycles. The van der Waals surface area contributed by atoms with Crippen LogP contribution in [0.4, 0.5) is 0 Å². The fourth-order valence-electron chi connectivity index (χ4n) is 2.55. The molecule has 1 rings (SSSR count). The standard InChI is InChI=1S/C14H26N4O6.Ca/c19-12(20)9-16-3-1-15-2-4-17(10-13(21)22)6-8-18(7-5-16)11-14(23)24;/h15H,1-11H2,(H,19,20)(H,21,22)(H,23,24);/q;+2. The molecule has 0 unspecified atom stereocenters. The minimum atomic E-state index is -0.960. The Morgan fingerprint density at radius 1 is 0.640 bits per heavy atom. The topological polar surface area (TPSA) is 134 Å². The van der Waals surface area contributed by atoms with E-state index in [4.69, 9.17) is 15.3 Å². The zero-order chi connectivity index (χ0) is 17.9. The van der Waals surface area contributed by atoms with Gasteiger partial charge in [0.25, 0.3) is 0 Å². The van der Waals surface area contributed by atoms with Crippen LogP contribution in [0.1, 0.15) is 0 Å². The Morgan fingerprint density at radius 2 is 0.920 bits per heavy atom. The molecule has 0 aromatic heterocycles. The SMILES string of the molecule is O=C(O)CN1CCNCCN(CC(=O)O)CCN(CC(=O)O)CC1.[Ca+2]. The molecule has 138 valence electrons. The van der Waals surface area contributed by atoms with Crippen LogP contribution in [0.15, 0.2) is 0 Å². The van der Waals surface area contributed by atoms with Crippen LogP contribution in [0.2, 0.25) is 0 Å². The molecule has 0 amide bonds. The maximum absolute atomic E-state index is 11.0. The minimum Gasteiger partial charge on any atom is -0.480 e. The van der Waals surface area contributed by atoms with Crippen molar-refractivity contribution >= 4 is 55.6 Å². The summed E-state index contributed by atoms with van der Waals surface area (Å²) in [5.74, 6) is -2.79. The molecule has 1 heterocycles. The van der Waals surface area contributed by atoms with E-state index in [-0.39, 0.29) is 57.4 Å². The number of nitrogens with zero attached hydrogens (tertiary/aromatic N) is 3. The number of carbonyl (C=O) groups is 3. The van der Waals surface area contributed by atoms with E-state index in [2.05, 4.69) is 5.32 Å². The zero-order valence-corrected chi connectivity index (χ0v) is 16.6. The van der Waals surface area contributed by atoms with E-state index in [0.717, 1.165) is 0 Å². The summed E-state index contributed by atoms with van der Waals surface area (Å²) in [6.45, 7) is 3.64. The summed E-state index contributed by atoms with van der Waals surface area (Å²) in [7, 11) is 0. The van der Waals surface area contributed by atoms with Gasteiger partial charge in [0.2, 0.25) is 0 Å². The van der Waals surface area contributed by atoms with Crippen molar-refractivity contribution in [3.8, 4) is 0 Å². The molecule has 4 N–H and O–H groups in total. The summed E-state index contributed by atoms with van der Waals surface area (Å²) < 4.78 is 0. The van der Waals surface area contributed by atoms with E-state index in [9.17, 15) is 14.4 Å². The monoisotopic (exact) mass is 386 g/mol. The van der Waals surface area contributed by atoms with Crippen LogP contribution in [0.3, 0.4) is 0 Å².